The smallest absolute Gasteiger partial charge is 0.267 e. The predicted octanol–water partition coefficient (Wildman–Crippen LogP) is 2.86. The maximum absolute atomic E-state index is 12.5. The van der Waals surface area contributed by atoms with Crippen LogP contribution in [0.25, 0.3) is 5.57 Å². The van der Waals surface area contributed by atoms with E-state index in [1.807, 2.05) is 25.1 Å². The van der Waals surface area contributed by atoms with Crippen LogP contribution in [0.3, 0.4) is 0 Å². The van der Waals surface area contributed by atoms with Crippen LogP contribution in [0.1, 0.15) is 11.1 Å². The number of carbonyl (C=O) groups is 2. The van der Waals surface area contributed by atoms with E-state index < -0.39 is 11.8 Å². The summed E-state index contributed by atoms with van der Waals surface area (Å²) in [6.07, 6.45) is 0. The number of hydrogen-bond acceptors (Lipinski definition) is 3. The molecule has 1 aliphatic heterocycles. The van der Waals surface area contributed by atoms with E-state index in [-0.39, 0.29) is 11.1 Å². The number of rotatable bonds is 2. The minimum absolute atomic E-state index is 0.106. The van der Waals surface area contributed by atoms with Gasteiger partial charge >= 0.3 is 0 Å². The highest BCUT2D eigenvalue weighted by Gasteiger charge is 2.30. The summed E-state index contributed by atoms with van der Waals surface area (Å²) >= 11 is 0. The third-order valence-corrected chi connectivity index (χ3v) is 3.65. The van der Waals surface area contributed by atoms with E-state index in [1.165, 1.54) is 0 Å². The van der Waals surface area contributed by atoms with Gasteiger partial charge < -0.3 is 10.6 Å². The Morgan fingerprint density at radius 3 is 2.57 bits per heavy atom. The zero-order chi connectivity index (χ0) is 16.4. The molecule has 0 bridgehead atoms. The molecule has 112 valence electrons. The van der Waals surface area contributed by atoms with Crippen LogP contribution < -0.4 is 10.6 Å². The van der Waals surface area contributed by atoms with Crippen molar-refractivity contribution in [3.8, 4) is 6.07 Å². The Hall–Kier alpha value is -3.39. The van der Waals surface area contributed by atoms with Crippen molar-refractivity contribution in [2.24, 2.45) is 0 Å². The minimum Gasteiger partial charge on any atom is -0.321 e. The summed E-state index contributed by atoms with van der Waals surface area (Å²) in [4.78, 5) is 24.6. The van der Waals surface area contributed by atoms with E-state index in [1.54, 1.807) is 36.4 Å². The number of anilines is 2. The van der Waals surface area contributed by atoms with E-state index in [0.717, 1.165) is 5.56 Å². The average molecular weight is 303 g/mol. The minimum atomic E-state index is -0.594. The predicted molar refractivity (Wildman–Crippen MR) is 87.4 cm³/mol. The number of carbonyl (C=O) groups excluding carboxylic acids is 2. The van der Waals surface area contributed by atoms with E-state index in [4.69, 9.17) is 0 Å². The van der Waals surface area contributed by atoms with Gasteiger partial charge in [0.15, 0.2) is 0 Å². The monoisotopic (exact) mass is 303 g/mol. The molecule has 23 heavy (non-hydrogen) atoms. The van der Waals surface area contributed by atoms with Gasteiger partial charge in [0.25, 0.3) is 11.8 Å². The van der Waals surface area contributed by atoms with Crippen molar-refractivity contribution in [2.75, 3.05) is 10.6 Å². The second-order valence-electron chi connectivity index (χ2n) is 5.13. The van der Waals surface area contributed by atoms with Gasteiger partial charge in [0, 0.05) is 16.9 Å². The highest BCUT2D eigenvalue weighted by atomic mass is 16.2. The average Bonchev–Trinajstić information content (AvgIpc) is 2.87. The van der Waals surface area contributed by atoms with Crippen molar-refractivity contribution in [2.45, 2.75) is 6.92 Å². The first-order valence-electron chi connectivity index (χ1n) is 7.04. The lowest BCUT2D eigenvalue weighted by Gasteiger charge is -2.08. The zero-order valence-electron chi connectivity index (χ0n) is 12.4. The van der Waals surface area contributed by atoms with Gasteiger partial charge in [-0.2, -0.15) is 5.26 Å². The molecular weight excluding hydrogens is 290 g/mol. The fraction of sp³-hybridized carbons (Fsp3) is 0.0556. The van der Waals surface area contributed by atoms with Crippen LogP contribution in [0.4, 0.5) is 11.4 Å². The van der Waals surface area contributed by atoms with Gasteiger partial charge in [-0.25, -0.2) is 0 Å². The maximum Gasteiger partial charge on any atom is 0.267 e. The molecule has 2 amide bonds. The highest BCUT2D eigenvalue weighted by Crippen LogP contribution is 2.33. The number of benzene rings is 2. The summed E-state index contributed by atoms with van der Waals surface area (Å²) in [6, 6.07) is 16.1. The molecule has 2 aromatic rings. The van der Waals surface area contributed by atoms with E-state index >= 15 is 0 Å². The van der Waals surface area contributed by atoms with E-state index in [2.05, 4.69) is 10.6 Å². The molecule has 1 aliphatic rings. The first-order valence-corrected chi connectivity index (χ1v) is 7.04. The molecule has 1 heterocycles. The second-order valence-corrected chi connectivity index (χ2v) is 5.13. The molecular formula is C18H13N3O2. The Balaban J connectivity index is 2.03. The van der Waals surface area contributed by atoms with Crippen molar-refractivity contribution < 1.29 is 9.59 Å². The molecule has 0 saturated heterocycles. The number of aryl methyl sites for hydroxylation is 1. The fourth-order valence-corrected chi connectivity index (χ4v) is 2.48. The van der Waals surface area contributed by atoms with Gasteiger partial charge in [-0.3, -0.25) is 9.59 Å². The number of hydrogen-bond donors (Lipinski definition) is 2. The Morgan fingerprint density at radius 2 is 1.83 bits per heavy atom. The fourth-order valence-electron chi connectivity index (χ4n) is 2.48. The molecule has 0 radical (unpaired) electrons. The van der Waals surface area contributed by atoms with Gasteiger partial charge in [-0.15, -0.1) is 0 Å². The van der Waals surface area contributed by atoms with Gasteiger partial charge in [-0.1, -0.05) is 36.4 Å². The van der Waals surface area contributed by atoms with Crippen molar-refractivity contribution in [3.05, 3.63) is 65.2 Å². The molecule has 5 nitrogen and oxygen atoms in total. The lowest BCUT2D eigenvalue weighted by molar-refractivity contribution is -0.113. The van der Waals surface area contributed by atoms with Crippen LogP contribution >= 0.6 is 0 Å². The molecule has 3 rings (SSSR count). The first kappa shape index (κ1) is 14.5. The van der Waals surface area contributed by atoms with Gasteiger partial charge in [0.05, 0.1) is 5.57 Å². The summed E-state index contributed by atoms with van der Waals surface area (Å²) in [5.74, 6) is -1.04. The molecule has 0 aromatic heterocycles. The molecule has 2 aromatic carbocycles. The molecule has 0 aliphatic carbocycles. The summed E-state index contributed by atoms with van der Waals surface area (Å²) in [5.41, 5.74) is 2.56. The standard InChI is InChI=1S/C18H13N3O2/c1-11-6-2-4-8-14(11)20-17(22)13(10-19)16-12-7-3-5-9-15(12)21-18(16)23/h2-9H,1H3,(H,20,22)(H,21,23)/b16-13-. The molecule has 0 saturated carbocycles. The van der Waals surface area contributed by atoms with Crippen molar-refractivity contribution in [1.29, 1.82) is 5.26 Å². The van der Waals surface area contributed by atoms with E-state index in [9.17, 15) is 14.9 Å². The summed E-state index contributed by atoms with van der Waals surface area (Å²) in [5, 5.41) is 14.8. The largest absolute Gasteiger partial charge is 0.321 e. The lowest BCUT2D eigenvalue weighted by Crippen LogP contribution is -2.18. The normalized spacial score (nSPS) is 14.5. The lowest BCUT2D eigenvalue weighted by atomic mass is 10.0. The number of nitriles is 1. The van der Waals surface area contributed by atoms with Crippen LogP contribution in [-0.4, -0.2) is 11.8 Å². The third-order valence-electron chi connectivity index (χ3n) is 3.65. The van der Waals surface area contributed by atoms with Crippen molar-refractivity contribution in [1.82, 2.24) is 0 Å². The topological polar surface area (TPSA) is 82.0 Å². The molecule has 0 unspecified atom stereocenters. The Morgan fingerprint density at radius 1 is 1.13 bits per heavy atom. The maximum atomic E-state index is 12.5. The summed E-state index contributed by atoms with van der Waals surface area (Å²) in [7, 11) is 0. The number of para-hydroxylation sites is 2. The number of nitrogens with one attached hydrogen (secondary N) is 2. The number of amides is 2. The van der Waals surface area contributed by atoms with Crippen LogP contribution in [0.2, 0.25) is 0 Å². The Labute approximate surface area is 133 Å². The number of fused-ring (bicyclic) bond motifs is 1. The first-order chi connectivity index (χ1) is 11.1. The Kier molecular flexibility index (Phi) is 3.65. The van der Waals surface area contributed by atoms with Crippen molar-refractivity contribution >= 4 is 28.8 Å². The van der Waals surface area contributed by atoms with E-state index in [0.29, 0.717) is 16.9 Å². The summed E-state index contributed by atoms with van der Waals surface area (Å²) < 4.78 is 0. The second kappa shape index (κ2) is 5.78. The van der Waals surface area contributed by atoms with Crippen LogP contribution in [0.15, 0.2) is 54.1 Å². The zero-order valence-corrected chi connectivity index (χ0v) is 12.4. The molecule has 0 fully saturated rings. The third kappa shape index (κ3) is 2.58. The molecule has 0 atom stereocenters. The quantitative estimate of drug-likeness (QED) is 0.661. The molecule has 0 spiro atoms. The van der Waals surface area contributed by atoms with Gasteiger partial charge in [0.2, 0.25) is 0 Å². The van der Waals surface area contributed by atoms with Crippen LogP contribution in [0, 0.1) is 18.3 Å². The van der Waals surface area contributed by atoms with Crippen LogP contribution in [0.5, 0.6) is 0 Å². The van der Waals surface area contributed by atoms with Crippen molar-refractivity contribution in [3.63, 3.8) is 0 Å². The summed E-state index contributed by atoms with van der Waals surface area (Å²) in [6.45, 7) is 1.85. The number of nitrogens with zero attached hydrogens (tertiary/aromatic N) is 1. The molecule has 5 heteroatoms. The van der Waals surface area contributed by atoms with Gasteiger partial charge in [-0.05, 0) is 24.6 Å². The molecule has 2 N–H and O–H groups in total. The van der Waals surface area contributed by atoms with Crippen LogP contribution in [-0.2, 0) is 9.59 Å². The SMILES string of the molecule is Cc1ccccc1NC(=O)/C(C#N)=C1\C(=O)Nc2ccccc21. The Bertz CT molecular complexity index is 891. The highest BCUT2D eigenvalue weighted by molar-refractivity contribution is 6.37. The van der Waals surface area contributed by atoms with Gasteiger partial charge in [0.1, 0.15) is 11.6 Å².